The van der Waals surface area contributed by atoms with Crippen molar-refractivity contribution < 1.29 is 4.79 Å². The molecule has 3 atom stereocenters. The summed E-state index contributed by atoms with van der Waals surface area (Å²) in [6, 6.07) is 0. The molecule has 1 heteroatoms. The fraction of sp³-hybridized carbons (Fsp3) is 0.923. The molecule has 3 fully saturated rings. The zero-order valence-electron chi connectivity index (χ0n) is 10.1. The summed E-state index contributed by atoms with van der Waals surface area (Å²) in [4.78, 5) is 11.9. The van der Waals surface area contributed by atoms with E-state index in [0.29, 0.717) is 23.0 Å². The van der Waals surface area contributed by atoms with Crippen LogP contribution >= 0.6 is 0 Å². The second-order valence-electron chi connectivity index (χ2n) is 6.86. The van der Waals surface area contributed by atoms with Gasteiger partial charge in [-0.1, -0.05) is 34.6 Å². The van der Waals surface area contributed by atoms with Crippen molar-refractivity contribution in [1.29, 1.82) is 0 Å². The van der Waals surface area contributed by atoms with Gasteiger partial charge in [-0.3, -0.25) is 4.79 Å². The molecule has 0 N–H and O–H groups in total. The van der Waals surface area contributed by atoms with Crippen LogP contribution in [0.3, 0.4) is 0 Å². The van der Waals surface area contributed by atoms with Crippen molar-refractivity contribution in [2.75, 3.05) is 0 Å². The molecule has 1 nitrogen and oxygen atoms in total. The van der Waals surface area contributed by atoms with Crippen molar-refractivity contribution in [2.45, 2.75) is 47.5 Å². The van der Waals surface area contributed by atoms with Crippen LogP contribution in [0.25, 0.3) is 0 Å². The van der Waals surface area contributed by atoms with Crippen molar-refractivity contribution in [3.63, 3.8) is 0 Å². The summed E-state index contributed by atoms with van der Waals surface area (Å²) in [6.45, 7) is 11.4. The van der Waals surface area contributed by atoms with Crippen molar-refractivity contribution in [3.8, 4) is 0 Å². The van der Waals surface area contributed by atoms with Crippen LogP contribution in [-0.2, 0) is 4.79 Å². The van der Waals surface area contributed by atoms with Crippen molar-refractivity contribution >= 4 is 5.78 Å². The van der Waals surface area contributed by atoms with E-state index in [4.69, 9.17) is 0 Å². The highest BCUT2D eigenvalue weighted by molar-refractivity contribution is 5.85. The van der Waals surface area contributed by atoms with E-state index in [1.54, 1.807) is 0 Å². The van der Waals surface area contributed by atoms with Crippen LogP contribution in [0.4, 0.5) is 0 Å². The van der Waals surface area contributed by atoms with Gasteiger partial charge in [0.1, 0.15) is 5.78 Å². The first-order chi connectivity index (χ1) is 6.24. The Morgan fingerprint density at radius 1 is 1.29 bits per heavy atom. The summed E-state index contributed by atoms with van der Waals surface area (Å²) in [5.74, 6) is 2.30. The molecular weight excluding hydrogens is 172 g/mol. The van der Waals surface area contributed by atoms with Gasteiger partial charge >= 0.3 is 0 Å². The molecule has 2 bridgehead atoms. The minimum Gasteiger partial charge on any atom is -0.299 e. The van der Waals surface area contributed by atoms with E-state index < -0.39 is 0 Å². The van der Waals surface area contributed by atoms with E-state index in [9.17, 15) is 4.79 Å². The average molecular weight is 194 g/mol. The number of rotatable bonds is 0. The summed E-state index contributed by atoms with van der Waals surface area (Å²) in [5.41, 5.74) is 0.580. The molecule has 0 aromatic heterocycles. The van der Waals surface area contributed by atoms with E-state index in [0.717, 1.165) is 18.8 Å². The molecule has 0 heterocycles. The molecular formula is C13H22O. The maximum Gasteiger partial charge on any atom is 0.136 e. The van der Waals surface area contributed by atoms with Crippen LogP contribution in [0.2, 0.25) is 0 Å². The van der Waals surface area contributed by atoms with Gasteiger partial charge in [-0.05, 0) is 29.1 Å². The van der Waals surface area contributed by atoms with Gasteiger partial charge < -0.3 is 0 Å². The lowest BCUT2D eigenvalue weighted by molar-refractivity contribution is -0.167. The number of hydrogen-bond donors (Lipinski definition) is 0. The van der Waals surface area contributed by atoms with E-state index in [2.05, 4.69) is 34.6 Å². The minimum absolute atomic E-state index is 0.285. The second kappa shape index (κ2) is 2.62. The normalized spacial score (nSPS) is 40.6. The smallest absolute Gasteiger partial charge is 0.136 e. The molecule has 3 aliphatic rings. The largest absolute Gasteiger partial charge is 0.299 e. The number of ketones is 1. The predicted molar refractivity (Wildman–Crippen MR) is 57.9 cm³/mol. The lowest BCUT2D eigenvalue weighted by atomic mass is 9.42. The highest BCUT2D eigenvalue weighted by Gasteiger charge is 2.60. The first-order valence-corrected chi connectivity index (χ1v) is 5.77. The quantitative estimate of drug-likeness (QED) is 0.578. The monoisotopic (exact) mass is 194 g/mol. The molecule has 14 heavy (non-hydrogen) atoms. The van der Waals surface area contributed by atoms with Crippen molar-refractivity contribution in [3.05, 3.63) is 0 Å². The summed E-state index contributed by atoms with van der Waals surface area (Å²) >= 11 is 0. The summed E-state index contributed by atoms with van der Waals surface area (Å²) < 4.78 is 0. The van der Waals surface area contributed by atoms with E-state index in [1.807, 2.05) is 0 Å². The van der Waals surface area contributed by atoms with Crippen molar-refractivity contribution in [1.82, 2.24) is 0 Å². The van der Waals surface area contributed by atoms with Gasteiger partial charge in [0.05, 0.1) is 0 Å². The molecule has 0 amide bonds. The molecule has 0 saturated heterocycles. The van der Waals surface area contributed by atoms with E-state index in [-0.39, 0.29) is 5.41 Å². The van der Waals surface area contributed by atoms with Gasteiger partial charge in [-0.25, -0.2) is 0 Å². The topological polar surface area (TPSA) is 17.1 Å². The average Bonchev–Trinajstić information content (AvgIpc) is 2.00. The Balaban J connectivity index is 2.27. The molecule has 3 aliphatic carbocycles. The van der Waals surface area contributed by atoms with Gasteiger partial charge in [-0.2, -0.15) is 0 Å². The summed E-state index contributed by atoms with van der Waals surface area (Å²) in [6.07, 6.45) is 2.00. The van der Waals surface area contributed by atoms with Crippen LogP contribution in [0, 0.1) is 28.6 Å². The summed E-state index contributed by atoms with van der Waals surface area (Å²) in [7, 11) is 0. The van der Waals surface area contributed by atoms with Crippen LogP contribution in [-0.4, -0.2) is 5.78 Å². The molecule has 0 aromatic carbocycles. The third kappa shape index (κ3) is 1.17. The van der Waals surface area contributed by atoms with Crippen LogP contribution in [0.15, 0.2) is 0 Å². The third-order valence-corrected chi connectivity index (χ3v) is 4.75. The first-order valence-electron chi connectivity index (χ1n) is 5.77. The Hall–Kier alpha value is -0.330. The molecule has 0 radical (unpaired) electrons. The van der Waals surface area contributed by atoms with Gasteiger partial charge in [-0.15, -0.1) is 0 Å². The van der Waals surface area contributed by atoms with Gasteiger partial charge in [0.2, 0.25) is 0 Å². The van der Waals surface area contributed by atoms with Gasteiger partial charge in [0.25, 0.3) is 0 Å². The highest BCUT2D eigenvalue weighted by atomic mass is 16.1. The van der Waals surface area contributed by atoms with Gasteiger partial charge in [0, 0.05) is 12.3 Å². The Labute approximate surface area is 87.3 Å². The SMILES string of the molecule is CC(C)(C)C1CC(=O)[C@H]2C[C@@H]1C2(C)C. The molecule has 0 aromatic rings. The zero-order valence-corrected chi connectivity index (χ0v) is 10.1. The van der Waals surface area contributed by atoms with Crippen molar-refractivity contribution in [2.24, 2.45) is 28.6 Å². The predicted octanol–water partition coefficient (Wildman–Crippen LogP) is 3.28. The lowest BCUT2D eigenvalue weighted by Gasteiger charge is -2.61. The number of carbonyl (C=O) groups excluding carboxylic acids is 1. The molecule has 80 valence electrons. The fourth-order valence-electron chi connectivity index (χ4n) is 3.60. The Kier molecular flexibility index (Phi) is 1.91. The Morgan fingerprint density at radius 3 is 2.21 bits per heavy atom. The maximum absolute atomic E-state index is 11.9. The minimum atomic E-state index is 0.285. The number of fused-ring (bicyclic) bond motifs is 2. The zero-order chi connectivity index (χ0) is 10.7. The standard InChI is InChI=1S/C13H22O/c1-12(2,3)8-7-11(14)10-6-9(8)13(10,4)5/h8-10H,6-7H2,1-5H3/t8?,9-,10+/m0/s1. The number of Topliss-reactive ketones (excluding diaryl/α,β-unsaturated/α-hetero) is 1. The second-order valence-corrected chi connectivity index (χ2v) is 6.86. The van der Waals surface area contributed by atoms with E-state index >= 15 is 0 Å². The molecule has 0 aliphatic heterocycles. The fourth-order valence-corrected chi connectivity index (χ4v) is 3.60. The number of hydrogen-bond acceptors (Lipinski definition) is 1. The number of carbonyl (C=O) groups is 1. The molecule has 3 saturated carbocycles. The van der Waals surface area contributed by atoms with Crippen LogP contribution < -0.4 is 0 Å². The first kappa shape index (κ1) is 10.2. The highest BCUT2D eigenvalue weighted by Crippen LogP contribution is 2.63. The van der Waals surface area contributed by atoms with Gasteiger partial charge in [0.15, 0.2) is 0 Å². The van der Waals surface area contributed by atoms with Crippen LogP contribution in [0.1, 0.15) is 47.5 Å². The Bertz CT molecular complexity index is 269. The summed E-state index contributed by atoms with van der Waals surface area (Å²) in [5, 5.41) is 0. The lowest BCUT2D eigenvalue weighted by Crippen LogP contribution is -2.59. The van der Waals surface area contributed by atoms with Crippen LogP contribution in [0.5, 0.6) is 0 Å². The third-order valence-electron chi connectivity index (χ3n) is 4.75. The molecule has 1 unspecified atom stereocenters. The molecule has 0 spiro atoms. The molecule has 3 rings (SSSR count). The maximum atomic E-state index is 11.9. The van der Waals surface area contributed by atoms with E-state index in [1.165, 1.54) is 0 Å². The Morgan fingerprint density at radius 2 is 1.86 bits per heavy atom.